The molecule has 0 saturated carbocycles. The second-order valence-electron chi connectivity index (χ2n) is 8.41. The summed E-state index contributed by atoms with van der Waals surface area (Å²) in [5.41, 5.74) is 0. The molecule has 1 N–H and O–H groups in total. The third kappa shape index (κ3) is 6.43. The Bertz CT molecular complexity index is 818. The molecule has 0 bridgehead atoms. The van der Waals surface area contributed by atoms with E-state index >= 15 is 0 Å². The zero-order valence-electron chi connectivity index (χ0n) is 18.2. The smallest absolute Gasteiger partial charge is 0.223 e. The van der Waals surface area contributed by atoms with Gasteiger partial charge in [0.05, 0.1) is 0 Å². The molecule has 1 aromatic heterocycles. The first-order valence-corrected chi connectivity index (χ1v) is 12.4. The van der Waals surface area contributed by atoms with Crippen LogP contribution in [0.5, 0.6) is 0 Å². The molecule has 0 radical (unpaired) electrons. The molecule has 0 unspecified atom stereocenters. The summed E-state index contributed by atoms with van der Waals surface area (Å²) < 4.78 is 0. The summed E-state index contributed by atoms with van der Waals surface area (Å²) >= 11 is 1.64. The number of nitrogens with one attached hydrogen (secondary N) is 1. The number of piperidine rings is 1. The van der Waals surface area contributed by atoms with Gasteiger partial charge in [0.1, 0.15) is 5.03 Å². The van der Waals surface area contributed by atoms with Crippen LogP contribution in [0.2, 0.25) is 0 Å². The molecule has 4 rings (SSSR count). The lowest BCUT2D eigenvalue weighted by molar-refractivity contribution is -0.125. The highest BCUT2D eigenvalue weighted by Gasteiger charge is 2.27. The van der Waals surface area contributed by atoms with Crippen LogP contribution in [0.25, 0.3) is 0 Å². The molecule has 31 heavy (non-hydrogen) atoms. The molecular weight excluding hydrogens is 406 g/mol. The molecule has 2 aliphatic rings. The van der Waals surface area contributed by atoms with Gasteiger partial charge in [0.2, 0.25) is 5.91 Å². The maximum absolute atomic E-state index is 12.7. The van der Waals surface area contributed by atoms with Gasteiger partial charge in [0.25, 0.3) is 0 Å². The minimum absolute atomic E-state index is 0.0993. The Morgan fingerprint density at radius 3 is 2.42 bits per heavy atom. The fraction of sp³-hybridized carbons (Fsp3) is 0.542. The third-order valence-electron chi connectivity index (χ3n) is 6.20. The minimum atomic E-state index is 0.0993. The van der Waals surface area contributed by atoms with Crippen molar-refractivity contribution >= 4 is 23.5 Å². The van der Waals surface area contributed by atoms with E-state index in [4.69, 9.17) is 0 Å². The summed E-state index contributed by atoms with van der Waals surface area (Å²) in [6, 6.07) is 10.3. The van der Waals surface area contributed by atoms with Crippen molar-refractivity contribution in [2.24, 2.45) is 5.92 Å². The van der Waals surface area contributed by atoms with E-state index in [1.54, 1.807) is 24.2 Å². The Kier molecular flexibility index (Phi) is 8.18. The molecule has 0 aliphatic carbocycles. The first kappa shape index (κ1) is 22.1. The summed E-state index contributed by atoms with van der Waals surface area (Å²) in [7, 11) is 0. The predicted octanol–water partition coefficient (Wildman–Crippen LogP) is 3.84. The van der Waals surface area contributed by atoms with Crippen LogP contribution < -0.4 is 10.2 Å². The molecule has 2 aliphatic heterocycles. The highest BCUT2D eigenvalue weighted by molar-refractivity contribution is 7.99. The Morgan fingerprint density at radius 2 is 1.68 bits per heavy atom. The summed E-state index contributed by atoms with van der Waals surface area (Å²) in [4.78, 5) is 27.8. The number of benzene rings is 1. The van der Waals surface area contributed by atoms with Gasteiger partial charge in [-0.2, -0.15) is 0 Å². The standard InChI is InChI=1S/C24H33N5OS/c30-23(26-14-19-28-15-6-1-2-7-16-28)20-10-17-29(18-11-20)22-24(27-13-12-25-22)31-21-8-4-3-5-9-21/h3-5,8-9,12-13,20H,1-2,6-7,10-11,14-19H2,(H,26,30). The van der Waals surface area contributed by atoms with Gasteiger partial charge in [-0.15, -0.1) is 0 Å². The first-order valence-electron chi connectivity index (χ1n) is 11.6. The molecule has 2 aromatic rings. The summed E-state index contributed by atoms with van der Waals surface area (Å²) in [6.45, 7) is 5.77. The largest absolute Gasteiger partial charge is 0.355 e. The van der Waals surface area contributed by atoms with Crippen LogP contribution in [0.15, 0.2) is 52.6 Å². The number of nitrogens with zero attached hydrogens (tertiary/aromatic N) is 4. The zero-order valence-corrected chi connectivity index (χ0v) is 19.0. The average molecular weight is 440 g/mol. The van der Waals surface area contributed by atoms with E-state index in [0.29, 0.717) is 0 Å². The lowest BCUT2D eigenvalue weighted by Gasteiger charge is -2.32. The molecular formula is C24H33N5OS. The number of rotatable bonds is 7. The summed E-state index contributed by atoms with van der Waals surface area (Å²) in [6.07, 6.45) is 10.5. The molecule has 0 spiro atoms. The topological polar surface area (TPSA) is 61.4 Å². The van der Waals surface area contributed by atoms with Crippen molar-refractivity contribution in [3.63, 3.8) is 0 Å². The quantitative estimate of drug-likeness (QED) is 0.707. The number of aromatic nitrogens is 2. The molecule has 2 fully saturated rings. The van der Waals surface area contributed by atoms with Crippen LogP contribution in [-0.4, -0.2) is 60.0 Å². The second-order valence-corrected chi connectivity index (χ2v) is 9.47. The van der Waals surface area contributed by atoms with E-state index in [-0.39, 0.29) is 11.8 Å². The van der Waals surface area contributed by atoms with E-state index in [9.17, 15) is 4.79 Å². The normalized spacial score (nSPS) is 18.5. The van der Waals surface area contributed by atoms with Crippen LogP contribution in [0, 0.1) is 5.92 Å². The van der Waals surface area contributed by atoms with Crippen molar-refractivity contribution in [1.29, 1.82) is 0 Å². The molecule has 0 atom stereocenters. The molecule has 3 heterocycles. The molecule has 1 amide bonds. The average Bonchev–Trinajstić information content (AvgIpc) is 3.09. The Morgan fingerprint density at radius 1 is 0.968 bits per heavy atom. The van der Waals surface area contributed by atoms with Crippen molar-refractivity contribution in [2.45, 2.75) is 48.4 Å². The van der Waals surface area contributed by atoms with Gasteiger partial charge in [-0.05, 0) is 50.9 Å². The summed E-state index contributed by atoms with van der Waals surface area (Å²) in [5.74, 6) is 1.24. The van der Waals surface area contributed by atoms with Gasteiger partial charge in [-0.3, -0.25) is 4.79 Å². The lowest BCUT2D eigenvalue weighted by Crippen LogP contribution is -2.43. The second kappa shape index (κ2) is 11.5. The lowest BCUT2D eigenvalue weighted by atomic mass is 9.96. The first-order chi connectivity index (χ1) is 15.3. The van der Waals surface area contributed by atoms with Gasteiger partial charge in [-0.25, -0.2) is 9.97 Å². The van der Waals surface area contributed by atoms with Gasteiger partial charge in [0, 0.05) is 49.4 Å². The zero-order chi connectivity index (χ0) is 21.3. The highest BCUT2D eigenvalue weighted by Crippen LogP contribution is 2.33. The van der Waals surface area contributed by atoms with Gasteiger partial charge >= 0.3 is 0 Å². The predicted molar refractivity (Wildman–Crippen MR) is 125 cm³/mol. The van der Waals surface area contributed by atoms with Gasteiger partial charge in [0.15, 0.2) is 5.82 Å². The van der Waals surface area contributed by atoms with E-state index in [1.165, 1.54) is 38.8 Å². The van der Waals surface area contributed by atoms with Crippen LogP contribution in [0.3, 0.4) is 0 Å². The molecule has 166 valence electrons. The van der Waals surface area contributed by atoms with E-state index in [2.05, 4.69) is 37.2 Å². The van der Waals surface area contributed by atoms with Crippen molar-refractivity contribution < 1.29 is 4.79 Å². The summed E-state index contributed by atoms with van der Waals surface area (Å²) in [5, 5.41) is 4.11. The van der Waals surface area contributed by atoms with E-state index < -0.39 is 0 Å². The maximum atomic E-state index is 12.7. The van der Waals surface area contributed by atoms with Crippen molar-refractivity contribution in [3.05, 3.63) is 42.7 Å². The van der Waals surface area contributed by atoms with E-state index in [1.807, 2.05) is 18.2 Å². The highest BCUT2D eigenvalue weighted by atomic mass is 32.2. The van der Waals surface area contributed by atoms with Crippen LogP contribution in [-0.2, 0) is 4.79 Å². The molecule has 6 nitrogen and oxygen atoms in total. The monoisotopic (exact) mass is 439 g/mol. The minimum Gasteiger partial charge on any atom is -0.355 e. The number of amides is 1. The number of likely N-dealkylation sites (tertiary alicyclic amines) is 1. The van der Waals surface area contributed by atoms with Crippen LogP contribution >= 0.6 is 11.8 Å². The Labute approximate surface area is 189 Å². The molecule has 2 saturated heterocycles. The number of hydrogen-bond acceptors (Lipinski definition) is 6. The SMILES string of the molecule is O=C(NCCN1CCCCCC1)C1CCN(c2nccnc2Sc2ccccc2)CC1. The fourth-order valence-corrected chi connectivity index (χ4v) is 5.30. The molecule has 7 heteroatoms. The van der Waals surface area contributed by atoms with Crippen LogP contribution in [0.1, 0.15) is 38.5 Å². The Balaban J connectivity index is 1.25. The van der Waals surface area contributed by atoms with Crippen molar-refractivity contribution in [3.8, 4) is 0 Å². The molecule has 1 aromatic carbocycles. The van der Waals surface area contributed by atoms with E-state index in [0.717, 1.165) is 54.8 Å². The Hall–Kier alpha value is -2.12. The number of carbonyl (C=O) groups is 1. The van der Waals surface area contributed by atoms with Crippen LogP contribution in [0.4, 0.5) is 5.82 Å². The number of carbonyl (C=O) groups excluding carboxylic acids is 1. The number of anilines is 1. The fourth-order valence-electron chi connectivity index (χ4n) is 4.40. The third-order valence-corrected chi connectivity index (χ3v) is 7.18. The maximum Gasteiger partial charge on any atom is 0.223 e. The van der Waals surface area contributed by atoms with Gasteiger partial charge < -0.3 is 15.1 Å². The number of hydrogen-bond donors (Lipinski definition) is 1. The van der Waals surface area contributed by atoms with Crippen molar-refractivity contribution in [2.75, 3.05) is 44.2 Å². The van der Waals surface area contributed by atoms with Gasteiger partial charge in [-0.1, -0.05) is 42.8 Å². The van der Waals surface area contributed by atoms with Crippen molar-refractivity contribution in [1.82, 2.24) is 20.2 Å².